The quantitative estimate of drug-likeness (QED) is 0.495. The Bertz CT molecular complexity index is 603. The molecule has 1 aromatic carbocycles. The number of hydrogen-bond donors (Lipinski definition) is 2. The van der Waals surface area contributed by atoms with Gasteiger partial charge in [-0.15, -0.1) is 6.42 Å². The molecule has 23 heavy (non-hydrogen) atoms. The summed E-state index contributed by atoms with van der Waals surface area (Å²) in [6, 6.07) is 6.09. The van der Waals surface area contributed by atoms with Crippen molar-refractivity contribution in [2.75, 3.05) is 32.8 Å². The molecule has 2 rings (SSSR count). The third-order valence-electron chi connectivity index (χ3n) is 3.66. The number of hydrogen-bond acceptors (Lipinski definition) is 3. The van der Waals surface area contributed by atoms with Crippen LogP contribution in [0, 0.1) is 12.3 Å². The van der Waals surface area contributed by atoms with Gasteiger partial charge in [-0.3, -0.25) is 4.99 Å². The lowest BCUT2D eigenvalue weighted by Gasteiger charge is -2.26. The van der Waals surface area contributed by atoms with Crippen molar-refractivity contribution >= 4 is 5.96 Å². The fraction of sp³-hybridized carbons (Fsp3) is 0.500. The van der Waals surface area contributed by atoms with Gasteiger partial charge in [-0.05, 0) is 24.6 Å². The van der Waals surface area contributed by atoms with Crippen LogP contribution in [0.3, 0.4) is 0 Å². The van der Waals surface area contributed by atoms with Gasteiger partial charge in [0.05, 0.1) is 13.1 Å². The van der Waals surface area contributed by atoms with Gasteiger partial charge in [0, 0.05) is 12.0 Å². The fourth-order valence-corrected chi connectivity index (χ4v) is 2.31. The molecule has 0 saturated heterocycles. The molecular formula is C18H25N3O2. The smallest absolute Gasteiger partial charge is 0.192 e. The zero-order valence-corrected chi connectivity index (χ0v) is 14.1. The van der Waals surface area contributed by atoms with Gasteiger partial charge in [0.15, 0.2) is 17.5 Å². The summed E-state index contributed by atoms with van der Waals surface area (Å²) in [4.78, 5) is 4.64. The largest absolute Gasteiger partial charge is 0.486 e. The Hall–Kier alpha value is -2.35. The lowest BCUT2D eigenvalue weighted by atomic mass is 9.84. The van der Waals surface area contributed by atoms with Crippen molar-refractivity contribution < 1.29 is 9.47 Å². The summed E-state index contributed by atoms with van der Waals surface area (Å²) in [6.07, 6.45) is 5.29. The van der Waals surface area contributed by atoms with E-state index in [0.717, 1.165) is 24.0 Å². The SMILES string of the molecule is C#CCNC(=NCC(C)(C)c1ccc2c(c1)OCCO2)NCC. The van der Waals surface area contributed by atoms with Crippen LogP contribution in [0.25, 0.3) is 0 Å². The molecule has 0 fully saturated rings. The molecule has 0 aliphatic carbocycles. The van der Waals surface area contributed by atoms with Gasteiger partial charge in [-0.2, -0.15) is 0 Å². The van der Waals surface area contributed by atoms with Crippen LogP contribution in [-0.4, -0.2) is 38.8 Å². The van der Waals surface area contributed by atoms with Crippen LogP contribution in [0.1, 0.15) is 26.3 Å². The Kier molecular flexibility index (Phi) is 5.75. The highest BCUT2D eigenvalue weighted by Gasteiger charge is 2.23. The topological polar surface area (TPSA) is 54.9 Å². The van der Waals surface area contributed by atoms with Crippen LogP contribution >= 0.6 is 0 Å². The predicted molar refractivity (Wildman–Crippen MR) is 93.3 cm³/mol. The Morgan fingerprint density at radius 3 is 2.70 bits per heavy atom. The van der Waals surface area contributed by atoms with E-state index in [1.807, 2.05) is 19.1 Å². The lowest BCUT2D eigenvalue weighted by molar-refractivity contribution is 0.171. The van der Waals surface area contributed by atoms with Crippen LogP contribution in [0.2, 0.25) is 0 Å². The number of nitrogens with zero attached hydrogens (tertiary/aromatic N) is 1. The molecule has 1 aliphatic heterocycles. The maximum atomic E-state index is 5.67. The van der Waals surface area contributed by atoms with Crippen molar-refractivity contribution in [3.63, 3.8) is 0 Å². The number of benzene rings is 1. The number of terminal acetylenes is 1. The van der Waals surface area contributed by atoms with E-state index >= 15 is 0 Å². The van der Waals surface area contributed by atoms with E-state index in [4.69, 9.17) is 15.9 Å². The summed E-state index contributed by atoms with van der Waals surface area (Å²) in [5.41, 5.74) is 1.03. The summed E-state index contributed by atoms with van der Waals surface area (Å²) in [5, 5.41) is 6.29. The number of ether oxygens (including phenoxy) is 2. The van der Waals surface area contributed by atoms with E-state index in [1.165, 1.54) is 5.56 Å². The van der Waals surface area contributed by atoms with Crippen molar-refractivity contribution in [2.24, 2.45) is 4.99 Å². The highest BCUT2D eigenvalue weighted by molar-refractivity contribution is 5.80. The Labute approximate surface area is 138 Å². The first-order valence-corrected chi connectivity index (χ1v) is 7.92. The van der Waals surface area contributed by atoms with Crippen LogP contribution in [-0.2, 0) is 5.41 Å². The third-order valence-corrected chi connectivity index (χ3v) is 3.66. The van der Waals surface area contributed by atoms with Crippen molar-refractivity contribution in [3.8, 4) is 23.8 Å². The lowest BCUT2D eigenvalue weighted by Crippen LogP contribution is -2.38. The first-order chi connectivity index (χ1) is 11.1. The zero-order valence-electron chi connectivity index (χ0n) is 14.1. The second-order valence-electron chi connectivity index (χ2n) is 6.00. The number of fused-ring (bicyclic) bond motifs is 1. The zero-order chi connectivity index (χ0) is 16.7. The molecule has 0 radical (unpaired) electrons. The molecule has 1 aromatic rings. The Morgan fingerprint density at radius 1 is 1.26 bits per heavy atom. The number of guanidine groups is 1. The second kappa shape index (κ2) is 7.77. The van der Waals surface area contributed by atoms with E-state index in [-0.39, 0.29) is 5.41 Å². The van der Waals surface area contributed by atoms with Gasteiger partial charge in [-0.25, -0.2) is 0 Å². The molecule has 124 valence electrons. The standard InChI is InChI=1S/C18H25N3O2/c1-5-9-20-17(19-6-2)21-13-18(3,4)14-7-8-15-16(12-14)23-11-10-22-15/h1,7-8,12H,6,9-11,13H2,2-4H3,(H2,19,20,21). The van der Waals surface area contributed by atoms with Gasteiger partial charge in [0.2, 0.25) is 0 Å². The van der Waals surface area contributed by atoms with Gasteiger partial charge < -0.3 is 20.1 Å². The molecule has 2 N–H and O–H groups in total. The third kappa shape index (κ3) is 4.56. The average molecular weight is 315 g/mol. The maximum Gasteiger partial charge on any atom is 0.192 e. The van der Waals surface area contributed by atoms with E-state index < -0.39 is 0 Å². The number of nitrogens with one attached hydrogen (secondary N) is 2. The molecule has 5 nitrogen and oxygen atoms in total. The molecule has 0 saturated carbocycles. The Balaban J connectivity index is 2.12. The first kappa shape index (κ1) is 17.0. The number of rotatable bonds is 5. The summed E-state index contributed by atoms with van der Waals surface area (Å²) < 4.78 is 11.2. The minimum atomic E-state index is -0.131. The molecule has 1 heterocycles. The van der Waals surface area contributed by atoms with Crippen molar-refractivity contribution in [3.05, 3.63) is 23.8 Å². The minimum Gasteiger partial charge on any atom is -0.486 e. The fourth-order valence-electron chi connectivity index (χ4n) is 2.31. The van der Waals surface area contributed by atoms with Crippen LogP contribution < -0.4 is 20.1 Å². The van der Waals surface area contributed by atoms with Crippen molar-refractivity contribution in [1.82, 2.24) is 10.6 Å². The molecule has 0 unspecified atom stereocenters. The summed E-state index contributed by atoms with van der Waals surface area (Å²) in [5.74, 6) is 4.91. The van der Waals surface area contributed by atoms with Gasteiger partial charge in [0.25, 0.3) is 0 Å². The molecule has 0 bridgehead atoms. The second-order valence-corrected chi connectivity index (χ2v) is 6.00. The predicted octanol–water partition coefficient (Wildman–Crippen LogP) is 1.92. The normalized spacial score (nSPS) is 14.1. The van der Waals surface area contributed by atoms with E-state index in [9.17, 15) is 0 Å². The van der Waals surface area contributed by atoms with E-state index in [0.29, 0.717) is 26.3 Å². The summed E-state index contributed by atoms with van der Waals surface area (Å²) >= 11 is 0. The molecule has 0 spiro atoms. The molecule has 1 aliphatic rings. The van der Waals surface area contributed by atoms with Crippen LogP contribution in [0.5, 0.6) is 11.5 Å². The molecule has 5 heteroatoms. The first-order valence-electron chi connectivity index (χ1n) is 7.92. The van der Waals surface area contributed by atoms with Gasteiger partial charge in [-0.1, -0.05) is 25.8 Å². The monoisotopic (exact) mass is 315 g/mol. The molecule has 0 aromatic heterocycles. The average Bonchev–Trinajstić information content (AvgIpc) is 2.57. The van der Waals surface area contributed by atoms with Crippen molar-refractivity contribution in [2.45, 2.75) is 26.2 Å². The molecule has 0 atom stereocenters. The Morgan fingerprint density at radius 2 is 2.00 bits per heavy atom. The van der Waals surface area contributed by atoms with Crippen LogP contribution in [0.4, 0.5) is 0 Å². The maximum absolute atomic E-state index is 5.67. The molecule has 0 amide bonds. The van der Waals surface area contributed by atoms with Gasteiger partial charge >= 0.3 is 0 Å². The van der Waals surface area contributed by atoms with Crippen molar-refractivity contribution in [1.29, 1.82) is 0 Å². The van der Waals surface area contributed by atoms with E-state index in [2.05, 4.69) is 41.5 Å². The number of aliphatic imine (C=N–C) groups is 1. The van der Waals surface area contributed by atoms with Gasteiger partial charge in [0.1, 0.15) is 13.2 Å². The highest BCUT2D eigenvalue weighted by Crippen LogP contribution is 2.35. The highest BCUT2D eigenvalue weighted by atomic mass is 16.6. The molecular weight excluding hydrogens is 290 g/mol. The summed E-state index contributed by atoms with van der Waals surface area (Å²) in [7, 11) is 0. The summed E-state index contributed by atoms with van der Waals surface area (Å²) in [6.45, 7) is 9.42. The van der Waals surface area contributed by atoms with Crippen LogP contribution in [0.15, 0.2) is 23.2 Å². The minimum absolute atomic E-state index is 0.131. The van der Waals surface area contributed by atoms with E-state index in [1.54, 1.807) is 0 Å².